The van der Waals surface area contributed by atoms with Gasteiger partial charge in [0.25, 0.3) is 0 Å². The lowest BCUT2D eigenvalue weighted by Crippen LogP contribution is -2.58. The Labute approximate surface area is 108 Å². The highest BCUT2D eigenvalue weighted by atomic mass is 16.6. The average Bonchev–Trinajstić information content (AvgIpc) is 2.26. The number of rotatable bonds is 1. The first-order valence-corrected chi connectivity index (χ1v) is 6.30. The number of hydrogen-bond acceptors (Lipinski definition) is 4. The third kappa shape index (κ3) is 3.15. The van der Waals surface area contributed by atoms with Crippen LogP contribution in [0.25, 0.3) is 0 Å². The van der Waals surface area contributed by atoms with Crippen molar-refractivity contribution >= 4 is 12.1 Å². The van der Waals surface area contributed by atoms with Gasteiger partial charge in [0.1, 0.15) is 11.1 Å². The molecule has 0 aliphatic carbocycles. The predicted octanol–water partition coefficient (Wildman–Crippen LogP) is 2.34. The molecule has 104 valence electrons. The van der Waals surface area contributed by atoms with E-state index >= 15 is 0 Å². The Morgan fingerprint density at radius 3 is 2.33 bits per heavy atom. The van der Waals surface area contributed by atoms with Crippen LogP contribution in [-0.4, -0.2) is 41.8 Å². The largest absolute Gasteiger partial charge is 0.467 e. The molecule has 0 aromatic carbocycles. The van der Waals surface area contributed by atoms with Crippen LogP contribution in [0, 0.1) is 0 Å². The van der Waals surface area contributed by atoms with Crippen molar-refractivity contribution in [3.05, 3.63) is 0 Å². The molecule has 0 saturated carbocycles. The van der Waals surface area contributed by atoms with Crippen molar-refractivity contribution in [2.75, 3.05) is 13.7 Å². The highest BCUT2D eigenvalue weighted by Gasteiger charge is 2.46. The van der Waals surface area contributed by atoms with E-state index in [0.717, 1.165) is 12.8 Å². The van der Waals surface area contributed by atoms with Crippen molar-refractivity contribution in [1.29, 1.82) is 0 Å². The number of likely N-dealkylation sites (tertiary alicyclic amines) is 1. The molecule has 0 unspecified atom stereocenters. The average molecular weight is 257 g/mol. The number of ether oxygens (including phenoxy) is 2. The lowest BCUT2D eigenvalue weighted by molar-refractivity contribution is -0.156. The summed E-state index contributed by atoms with van der Waals surface area (Å²) in [6, 6.07) is 0. The molecule has 0 aromatic rings. The van der Waals surface area contributed by atoms with Gasteiger partial charge in [0.15, 0.2) is 0 Å². The minimum Gasteiger partial charge on any atom is -0.467 e. The first-order valence-electron chi connectivity index (χ1n) is 6.30. The number of esters is 1. The van der Waals surface area contributed by atoms with Gasteiger partial charge in [0, 0.05) is 6.54 Å². The third-order valence-electron chi connectivity index (χ3n) is 3.13. The molecule has 5 heteroatoms. The third-order valence-corrected chi connectivity index (χ3v) is 3.13. The van der Waals surface area contributed by atoms with Gasteiger partial charge >= 0.3 is 12.1 Å². The summed E-state index contributed by atoms with van der Waals surface area (Å²) < 4.78 is 10.2. The summed E-state index contributed by atoms with van der Waals surface area (Å²) in [6.07, 6.45) is 1.95. The summed E-state index contributed by atoms with van der Waals surface area (Å²) in [4.78, 5) is 25.5. The van der Waals surface area contributed by atoms with Gasteiger partial charge in [0.2, 0.25) is 0 Å². The molecule has 1 aliphatic heterocycles. The smallest absolute Gasteiger partial charge is 0.411 e. The molecule has 18 heavy (non-hydrogen) atoms. The van der Waals surface area contributed by atoms with Crippen LogP contribution in [0.3, 0.4) is 0 Å². The topological polar surface area (TPSA) is 55.8 Å². The zero-order chi connectivity index (χ0) is 14.0. The van der Waals surface area contributed by atoms with Crippen LogP contribution in [0.2, 0.25) is 0 Å². The molecular formula is C13H23NO4. The van der Waals surface area contributed by atoms with Gasteiger partial charge in [-0.05, 0) is 47.0 Å². The first kappa shape index (κ1) is 14.8. The number of amides is 1. The fraction of sp³-hybridized carbons (Fsp3) is 0.846. The molecule has 1 rings (SSSR count). The molecule has 0 spiro atoms. The monoisotopic (exact) mass is 257 g/mol. The van der Waals surface area contributed by atoms with Crippen LogP contribution in [-0.2, 0) is 14.3 Å². The summed E-state index contributed by atoms with van der Waals surface area (Å²) in [7, 11) is 1.34. The van der Waals surface area contributed by atoms with Gasteiger partial charge in [-0.25, -0.2) is 9.59 Å². The maximum absolute atomic E-state index is 12.1. The van der Waals surface area contributed by atoms with Gasteiger partial charge in [0.05, 0.1) is 7.11 Å². The molecule has 1 fully saturated rings. The van der Waals surface area contributed by atoms with Crippen LogP contribution in [0.15, 0.2) is 0 Å². The molecule has 1 saturated heterocycles. The Morgan fingerprint density at radius 1 is 1.22 bits per heavy atom. The standard InChI is InChI=1S/C13H23NO4/c1-12(2,3)18-11(16)14-9-7-6-8-13(14,4)10(15)17-5/h6-9H2,1-5H3/t13-/m1/s1. The van der Waals surface area contributed by atoms with Gasteiger partial charge < -0.3 is 9.47 Å². The number of piperidine rings is 1. The molecule has 0 N–H and O–H groups in total. The van der Waals surface area contributed by atoms with Gasteiger partial charge in [-0.3, -0.25) is 4.90 Å². The highest BCUT2D eigenvalue weighted by Crippen LogP contribution is 2.30. The number of hydrogen-bond donors (Lipinski definition) is 0. The molecule has 0 radical (unpaired) electrons. The summed E-state index contributed by atoms with van der Waals surface area (Å²) in [6.45, 7) is 7.70. The van der Waals surface area contributed by atoms with E-state index in [0.29, 0.717) is 13.0 Å². The second kappa shape index (κ2) is 5.16. The van der Waals surface area contributed by atoms with Crippen molar-refractivity contribution < 1.29 is 19.1 Å². The summed E-state index contributed by atoms with van der Waals surface area (Å²) in [5.41, 5.74) is -1.47. The van der Waals surface area contributed by atoms with Crippen LogP contribution in [0.1, 0.15) is 47.0 Å². The normalized spacial score (nSPS) is 24.6. The van der Waals surface area contributed by atoms with E-state index in [2.05, 4.69) is 0 Å². The van der Waals surface area contributed by atoms with E-state index in [4.69, 9.17) is 9.47 Å². The fourth-order valence-electron chi connectivity index (χ4n) is 2.16. The lowest BCUT2D eigenvalue weighted by atomic mass is 9.89. The number of carbonyl (C=O) groups is 2. The molecular weight excluding hydrogens is 234 g/mol. The highest BCUT2D eigenvalue weighted by molar-refractivity contribution is 5.85. The maximum Gasteiger partial charge on any atom is 0.411 e. The summed E-state index contributed by atoms with van der Waals surface area (Å²) in [5.74, 6) is -0.381. The van der Waals surface area contributed by atoms with Crippen LogP contribution < -0.4 is 0 Å². The van der Waals surface area contributed by atoms with Gasteiger partial charge in [-0.15, -0.1) is 0 Å². The van der Waals surface area contributed by atoms with Crippen molar-refractivity contribution in [3.63, 3.8) is 0 Å². The summed E-state index contributed by atoms with van der Waals surface area (Å²) in [5, 5.41) is 0. The molecule has 1 amide bonds. The van der Waals surface area contributed by atoms with E-state index in [1.165, 1.54) is 12.0 Å². The Kier molecular flexibility index (Phi) is 4.24. The van der Waals surface area contributed by atoms with E-state index in [1.807, 2.05) is 20.8 Å². The number of methoxy groups -OCH3 is 1. The molecule has 1 atom stereocenters. The Bertz CT molecular complexity index is 334. The Morgan fingerprint density at radius 2 is 1.83 bits per heavy atom. The molecule has 0 aromatic heterocycles. The van der Waals surface area contributed by atoms with Crippen molar-refractivity contribution in [2.45, 2.75) is 58.1 Å². The van der Waals surface area contributed by atoms with Crippen LogP contribution in [0.5, 0.6) is 0 Å². The second-order valence-electron chi connectivity index (χ2n) is 5.85. The van der Waals surface area contributed by atoms with E-state index < -0.39 is 17.2 Å². The Hall–Kier alpha value is -1.26. The van der Waals surface area contributed by atoms with Gasteiger partial charge in [-0.1, -0.05) is 0 Å². The van der Waals surface area contributed by atoms with Gasteiger partial charge in [-0.2, -0.15) is 0 Å². The summed E-state index contributed by atoms with van der Waals surface area (Å²) >= 11 is 0. The molecule has 1 aliphatic rings. The van der Waals surface area contributed by atoms with Crippen molar-refractivity contribution in [2.24, 2.45) is 0 Å². The van der Waals surface area contributed by atoms with Crippen molar-refractivity contribution in [1.82, 2.24) is 4.90 Å². The fourth-order valence-corrected chi connectivity index (χ4v) is 2.16. The molecule has 5 nitrogen and oxygen atoms in total. The van der Waals surface area contributed by atoms with Crippen LogP contribution >= 0.6 is 0 Å². The van der Waals surface area contributed by atoms with Crippen LogP contribution in [0.4, 0.5) is 4.79 Å². The SMILES string of the molecule is COC(=O)[C@@]1(C)CCCCN1C(=O)OC(C)(C)C. The molecule has 1 heterocycles. The minimum atomic E-state index is -0.907. The van der Waals surface area contributed by atoms with E-state index in [-0.39, 0.29) is 5.97 Å². The van der Waals surface area contributed by atoms with E-state index in [1.54, 1.807) is 6.92 Å². The number of carbonyl (C=O) groups excluding carboxylic acids is 2. The predicted molar refractivity (Wildman–Crippen MR) is 67.2 cm³/mol. The number of nitrogens with zero attached hydrogens (tertiary/aromatic N) is 1. The minimum absolute atomic E-state index is 0.381. The van der Waals surface area contributed by atoms with Crippen molar-refractivity contribution in [3.8, 4) is 0 Å². The zero-order valence-corrected chi connectivity index (χ0v) is 11.9. The zero-order valence-electron chi connectivity index (χ0n) is 11.9. The Balaban J connectivity index is 2.89. The lowest BCUT2D eigenvalue weighted by Gasteiger charge is -2.42. The second-order valence-corrected chi connectivity index (χ2v) is 5.85. The first-order chi connectivity index (χ1) is 8.20. The maximum atomic E-state index is 12.1. The molecule has 0 bridgehead atoms. The quantitative estimate of drug-likeness (QED) is 0.677. The van der Waals surface area contributed by atoms with E-state index in [9.17, 15) is 9.59 Å².